The summed E-state index contributed by atoms with van der Waals surface area (Å²) in [6.45, 7) is 3.86. The molecule has 1 aromatic rings. The average Bonchev–Trinajstić information content (AvgIpc) is 2.56. The predicted octanol–water partition coefficient (Wildman–Crippen LogP) is 4.03. The molecule has 0 aromatic heterocycles. The largest absolute Gasteiger partial charge is 0.372 e. The van der Waals surface area contributed by atoms with Gasteiger partial charge in [0.25, 0.3) is 0 Å². The first-order valence-corrected chi connectivity index (χ1v) is 7.03. The van der Waals surface area contributed by atoms with E-state index in [1.165, 1.54) is 31.4 Å². The summed E-state index contributed by atoms with van der Waals surface area (Å²) in [5.74, 6) is 0.110. The van der Waals surface area contributed by atoms with E-state index in [4.69, 9.17) is 0 Å². The van der Waals surface area contributed by atoms with Gasteiger partial charge in [0.05, 0.1) is 0 Å². The van der Waals surface area contributed by atoms with E-state index in [9.17, 15) is 4.79 Å². The van der Waals surface area contributed by atoms with Gasteiger partial charge in [-0.2, -0.15) is 0 Å². The standard InChI is InChI=1S/C14H18BrNO/c1-11(17)13-7-6-12(10-14(13)15)16-8-4-2-3-5-9-16/h6-7,10H,2-5,8-9H2,1H3. The van der Waals surface area contributed by atoms with Crippen molar-refractivity contribution < 1.29 is 4.79 Å². The lowest BCUT2D eigenvalue weighted by Crippen LogP contribution is -2.23. The molecule has 92 valence electrons. The summed E-state index contributed by atoms with van der Waals surface area (Å²) in [7, 11) is 0. The predicted molar refractivity (Wildman–Crippen MR) is 74.8 cm³/mol. The minimum absolute atomic E-state index is 0.110. The fourth-order valence-electron chi connectivity index (χ4n) is 2.32. The molecule has 0 bridgehead atoms. The molecular weight excluding hydrogens is 278 g/mol. The third-order valence-corrected chi connectivity index (χ3v) is 3.96. The first kappa shape index (κ1) is 12.6. The summed E-state index contributed by atoms with van der Waals surface area (Å²) >= 11 is 3.49. The Morgan fingerprint density at radius 3 is 2.35 bits per heavy atom. The van der Waals surface area contributed by atoms with E-state index in [0.29, 0.717) is 0 Å². The number of carbonyl (C=O) groups is 1. The Labute approximate surface area is 111 Å². The number of hydrogen-bond acceptors (Lipinski definition) is 2. The third kappa shape index (κ3) is 3.09. The average molecular weight is 296 g/mol. The lowest BCUT2D eigenvalue weighted by atomic mass is 10.1. The van der Waals surface area contributed by atoms with Gasteiger partial charge in [-0.15, -0.1) is 0 Å². The van der Waals surface area contributed by atoms with Gasteiger partial charge in [-0.25, -0.2) is 0 Å². The zero-order valence-corrected chi connectivity index (χ0v) is 11.8. The normalized spacial score (nSPS) is 16.7. The van der Waals surface area contributed by atoms with Crippen molar-refractivity contribution in [1.82, 2.24) is 0 Å². The molecule has 1 heterocycles. The maximum atomic E-state index is 11.4. The highest BCUT2D eigenvalue weighted by molar-refractivity contribution is 9.10. The molecule has 0 unspecified atom stereocenters. The van der Waals surface area contributed by atoms with Crippen LogP contribution in [0.3, 0.4) is 0 Å². The second-order valence-electron chi connectivity index (χ2n) is 4.62. The summed E-state index contributed by atoms with van der Waals surface area (Å²) in [6.07, 6.45) is 5.21. The first-order chi connectivity index (χ1) is 8.18. The molecular formula is C14H18BrNO. The molecule has 3 heteroatoms. The van der Waals surface area contributed by atoms with Gasteiger partial charge in [-0.3, -0.25) is 4.79 Å². The first-order valence-electron chi connectivity index (χ1n) is 6.24. The molecule has 0 saturated carbocycles. The number of anilines is 1. The molecule has 0 amide bonds. The number of hydrogen-bond donors (Lipinski definition) is 0. The Kier molecular flexibility index (Phi) is 4.21. The van der Waals surface area contributed by atoms with Crippen LogP contribution < -0.4 is 4.90 Å². The van der Waals surface area contributed by atoms with Crippen molar-refractivity contribution in [3.63, 3.8) is 0 Å². The molecule has 1 aliphatic rings. The number of ketones is 1. The minimum Gasteiger partial charge on any atom is -0.372 e. The highest BCUT2D eigenvalue weighted by Gasteiger charge is 2.12. The van der Waals surface area contributed by atoms with E-state index in [2.05, 4.69) is 33.0 Å². The van der Waals surface area contributed by atoms with Gasteiger partial charge in [-0.1, -0.05) is 12.8 Å². The Bertz CT molecular complexity index is 409. The van der Waals surface area contributed by atoms with Crippen molar-refractivity contribution in [2.45, 2.75) is 32.6 Å². The molecule has 2 nitrogen and oxygen atoms in total. The second-order valence-corrected chi connectivity index (χ2v) is 5.48. The van der Waals surface area contributed by atoms with Crippen molar-refractivity contribution in [2.24, 2.45) is 0 Å². The van der Waals surface area contributed by atoms with Crippen LogP contribution in [-0.2, 0) is 0 Å². The van der Waals surface area contributed by atoms with Gasteiger partial charge in [0.2, 0.25) is 0 Å². The van der Waals surface area contributed by atoms with Crippen LogP contribution in [0.2, 0.25) is 0 Å². The van der Waals surface area contributed by atoms with Gasteiger partial charge in [-0.05, 0) is 53.9 Å². The molecule has 0 atom stereocenters. The van der Waals surface area contributed by atoms with Crippen molar-refractivity contribution in [3.8, 4) is 0 Å². The van der Waals surface area contributed by atoms with Crippen LogP contribution in [-0.4, -0.2) is 18.9 Å². The summed E-state index contributed by atoms with van der Waals surface area (Å²) < 4.78 is 0.909. The monoisotopic (exact) mass is 295 g/mol. The van der Waals surface area contributed by atoms with Gasteiger partial charge in [0, 0.05) is 28.8 Å². The molecule has 0 spiro atoms. The smallest absolute Gasteiger partial charge is 0.160 e. The summed E-state index contributed by atoms with van der Waals surface area (Å²) in [5, 5.41) is 0. The van der Waals surface area contributed by atoms with Crippen LogP contribution >= 0.6 is 15.9 Å². The Balaban J connectivity index is 2.21. The Morgan fingerprint density at radius 1 is 1.18 bits per heavy atom. The fourth-order valence-corrected chi connectivity index (χ4v) is 2.96. The van der Waals surface area contributed by atoms with Crippen LogP contribution in [0.1, 0.15) is 43.0 Å². The van der Waals surface area contributed by atoms with E-state index >= 15 is 0 Å². The highest BCUT2D eigenvalue weighted by Crippen LogP contribution is 2.26. The molecule has 1 fully saturated rings. The van der Waals surface area contributed by atoms with Crippen molar-refractivity contribution in [2.75, 3.05) is 18.0 Å². The molecule has 1 aromatic carbocycles. The van der Waals surface area contributed by atoms with Gasteiger partial charge in [0.1, 0.15) is 0 Å². The third-order valence-electron chi connectivity index (χ3n) is 3.30. The van der Waals surface area contributed by atoms with Gasteiger partial charge in [0.15, 0.2) is 5.78 Å². The summed E-state index contributed by atoms with van der Waals surface area (Å²) in [5.41, 5.74) is 1.99. The number of nitrogens with zero attached hydrogens (tertiary/aromatic N) is 1. The zero-order valence-electron chi connectivity index (χ0n) is 10.2. The number of Topliss-reactive ketones (excluding diaryl/α,β-unsaturated/α-hetero) is 1. The second kappa shape index (κ2) is 5.67. The van der Waals surface area contributed by atoms with E-state index < -0.39 is 0 Å². The minimum atomic E-state index is 0.110. The molecule has 1 saturated heterocycles. The quantitative estimate of drug-likeness (QED) is 0.768. The van der Waals surface area contributed by atoms with Crippen molar-refractivity contribution in [1.29, 1.82) is 0 Å². The summed E-state index contributed by atoms with van der Waals surface area (Å²) in [6, 6.07) is 6.06. The zero-order chi connectivity index (χ0) is 12.3. The fraction of sp³-hybridized carbons (Fsp3) is 0.500. The Hall–Kier alpha value is -0.830. The molecule has 17 heavy (non-hydrogen) atoms. The molecule has 0 aliphatic carbocycles. The van der Waals surface area contributed by atoms with Gasteiger partial charge < -0.3 is 4.90 Å². The number of rotatable bonds is 2. The summed E-state index contributed by atoms with van der Waals surface area (Å²) in [4.78, 5) is 13.8. The maximum absolute atomic E-state index is 11.4. The SMILES string of the molecule is CC(=O)c1ccc(N2CCCCCC2)cc1Br. The highest BCUT2D eigenvalue weighted by atomic mass is 79.9. The number of carbonyl (C=O) groups excluding carboxylic acids is 1. The topological polar surface area (TPSA) is 20.3 Å². The molecule has 2 rings (SSSR count). The van der Waals surface area contributed by atoms with Crippen LogP contribution in [0.4, 0.5) is 5.69 Å². The lowest BCUT2D eigenvalue weighted by molar-refractivity contribution is 0.101. The van der Waals surface area contributed by atoms with Crippen molar-refractivity contribution >= 4 is 27.4 Å². The van der Waals surface area contributed by atoms with E-state index in [-0.39, 0.29) is 5.78 Å². The number of halogens is 1. The Morgan fingerprint density at radius 2 is 1.82 bits per heavy atom. The number of benzene rings is 1. The van der Waals surface area contributed by atoms with Crippen LogP contribution in [0.15, 0.2) is 22.7 Å². The van der Waals surface area contributed by atoms with Crippen molar-refractivity contribution in [3.05, 3.63) is 28.2 Å². The van der Waals surface area contributed by atoms with Crippen LogP contribution in [0.25, 0.3) is 0 Å². The van der Waals surface area contributed by atoms with Crippen LogP contribution in [0, 0.1) is 0 Å². The van der Waals surface area contributed by atoms with Gasteiger partial charge >= 0.3 is 0 Å². The van der Waals surface area contributed by atoms with Crippen LogP contribution in [0.5, 0.6) is 0 Å². The molecule has 1 aliphatic heterocycles. The van der Waals surface area contributed by atoms with E-state index in [0.717, 1.165) is 23.1 Å². The van der Waals surface area contributed by atoms with E-state index in [1.54, 1.807) is 6.92 Å². The molecule has 0 radical (unpaired) electrons. The van der Waals surface area contributed by atoms with E-state index in [1.807, 2.05) is 6.07 Å². The maximum Gasteiger partial charge on any atom is 0.160 e. The molecule has 0 N–H and O–H groups in total. The lowest BCUT2D eigenvalue weighted by Gasteiger charge is -2.23.